The van der Waals surface area contributed by atoms with Crippen LogP contribution in [0.4, 0.5) is 0 Å². The standard InChI is InChI=1S/C53H57NO12/c1-36(55)62-43-28-29-54-30-44(48(49(46(43)54)63-37(2)56)66-52(57)42-26-16-7-17-27-42)64-53-51(61-34-41-24-14-6-15-25-41)50(60-33-40-22-12-5-13-23-40)47(59-32-39-20-10-4-11-21-39)45(65-53)35-58-31-38-18-8-3-9-19-38/h3-27,43-51,53H,28-35H2,1-2H3/t43-,44-,45+,46+,47+,48+,49+,50-,51+,53-/m0/s1. The molecule has 0 saturated carbocycles. The summed E-state index contributed by atoms with van der Waals surface area (Å²) in [5, 5.41) is 0. The van der Waals surface area contributed by atoms with Crippen LogP contribution in [-0.4, -0.2) is 104 Å². The van der Waals surface area contributed by atoms with E-state index in [1.807, 2.05) is 121 Å². The molecule has 0 aliphatic carbocycles. The molecule has 0 aromatic heterocycles. The van der Waals surface area contributed by atoms with Crippen LogP contribution in [0.1, 0.15) is 52.9 Å². The fraction of sp³-hybridized carbons (Fsp3) is 0.377. The Kier molecular flexibility index (Phi) is 16.4. The summed E-state index contributed by atoms with van der Waals surface area (Å²) in [6, 6.07) is 47.3. The SMILES string of the molecule is CC(=O)O[C@H]1[C@H](OC(=O)c2ccccc2)[C@@H](O[C@H]2O[C@H](COCc3ccccc3)[C@@H](OCc3ccccc3)[C@H](OCc3ccccc3)[C@H]2OCc2ccccc2)CN2CC[C@H](OC(C)=O)[C@H]12. The number of esters is 3. The van der Waals surface area contributed by atoms with Crippen molar-refractivity contribution in [1.29, 1.82) is 0 Å². The lowest BCUT2D eigenvalue weighted by molar-refractivity contribution is -0.345. The van der Waals surface area contributed by atoms with Crippen molar-refractivity contribution in [1.82, 2.24) is 4.90 Å². The van der Waals surface area contributed by atoms with Gasteiger partial charge in [0.2, 0.25) is 0 Å². The predicted octanol–water partition coefficient (Wildman–Crippen LogP) is 7.25. The van der Waals surface area contributed by atoms with Gasteiger partial charge in [0.25, 0.3) is 0 Å². The average Bonchev–Trinajstić information content (AvgIpc) is 3.73. The highest BCUT2D eigenvalue weighted by Gasteiger charge is 2.57. The van der Waals surface area contributed by atoms with Crippen LogP contribution in [-0.2, 0) is 78.6 Å². The first-order valence-electron chi connectivity index (χ1n) is 22.5. The number of ether oxygens (including phenoxy) is 9. The second kappa shape index (κ2) is 23.1. The number of fused-ring (bicyclic) bond motifs is 1. The smallest absolute Gasteiger partial charge is 0.338 e. The molecule has 0 unspecified atom stereocenters. The summed E-state index contributed by atoms with van der Waals surface area (Å²) in [7, 11) is 0. The summed E-state index contributed by atoms with van der Waals surface area (Å²) >= 11 is 0. The van der Waals surface area contributed by atoms with Crippen LogP contribution in [0, 0.1) is 0 Å². The van der Waals surface area contributed by atoms with Gasteiger partial charge in [0, 0.05) is 26.9 Å². The van der Waals surface area contributed by atoms with E-state index in [1.165, 1.54) is 13.8 Å². The number of hydrogen-bond donors (Lipinski definition) is 0. The number of nitrogens with zero attached hydrogens (tertiary/aromatic N) is 1. The minimum atomic E-state index is -1.18. The first-order valence-corrected chi connectivity index (χ1v) is 22.5. The van der Waals surface area contributed by atoms with Crippen LogP contribution in [0.25, 0.3) is 0 Å². The Balaban J connectivity index is 1.18. The average molecular weight is 900 g/mol. The monoisotopic (exact) mass is 899 g/mol. The van der Waals surface area contributed by atoms with Gasteiger partial charge in [0.1, 0.15) is 36.6 Å². The molecule has 0 spiro atoms. The maximum Gasteiger partial charge on any atom is 0.338 e. The lowest BCUT2D eigenvalue weighted by Gasteiger charge is -2.49. The summed E-state index contributed by atoms with van der Waals surface area (Å²) in [6.07, 6.45) is -7.78. The first kappa shape index (κ1) is 46.7. The van der Waals surface area contributed by atoms with E-state index in [2.05, 4.69) is 4.90 Å². The lowest BCUT2D eigenvalue weighted by Crippen LogP contribution is -2.67. The molecule has 5 aromatic carbocycles. The Morgan fingerprint density at radius 2 is 1.02 bits per heavy atom. The highest BCUT2D eigenvalue weighted by Crippen LogP contribution is 2.38. The van der Waals surface area contributed by atoms with Gasteiger partial charge >= 0.3 is 17.9 Å². The van der Waals surface area contributed by atoms with Gasteiger partial charge < -0.3 is 42.6 Å². The number of benzene rings is 5. The molecule has 0 bridgehead atoms. The number of hydrogen-bond acceptors (Lipinski definition) is 13. The number of carbonyl (C=O) groups excluding carboxylic acids is 3. The van der Waals surface area contributed by atoms with E-state index in [1.54, 1.807) is 30.3 Å². The molecule has 3 fully saturated rings. The summed E-state index contributed by atoms with van der Waals surface area (Å²) in [5.74, 6) is -1.72. The van der Waals surface area contributed by atoms with Crippen LogP contribution in [0.2, 0.25) is 0 Å². The zero-order valence-corrected chi connectivity index (χ0v) is 37.2. The predicted molar refractivity (Wildman–Crippen MR) is 241 cm³/mol. The van der Waals surface area contributed by atoms with E-state index in [0.29, 0.717) is 25.1 Å². The second-order valence-electron chi connectivity index (χ2n) is 16.7. The molecule has 0 radical (unpaired) electrons. The first-order chi connectivity index (χ1) is 32.3. The van der Waals surface area contributed by atoms with E-state index in [0.717, 1.165) is 22.3 Å². The van der Waals surface area contributed by atoms with Crippen LogP contribution in [0.5, 0.6) is 0 Å². The Hall–Kier alpha value is -5.77. The van der Waals surface area contributed by atoms with Crippen molar-refractivity contribution < 1.29 is 57.0 Å². The molecular weight excluding hydrogens is 843 g/mol. The molecule has 13 heteroatoms. The Morgan fingerprint density at radius 1 is 0.530 bits per heavy atom. The minimum Gasteiger partial charge on any atom is -0.461 e. The van der Waals surface area contributed by atoms with Gasteiger partial charge in [-0.15, -0.1) is 0 Å². The van der Waals surface area contributed by atoms with Crippen LogP contribution in [0.3, 0.4) is 0 Å². The van der Waals surface area contributed by atoms with Gasteiger partial charge in [0.15, 0.2) is 18.5 Å². The molecule has 346 valence electrons. The number of rotatable bonds is 19. The van der Waals surface area contributed by atoms with Crippen molar-refractivity contribution in [2.24, 2.45) is 0 Å². The molecule has 0 amide bonds. The molecule has 8 rings (SSSR count). The topological polar surface area (TPSA) is 138 Å². The molecule has 3 aliphatic heterocycles. The quantitative estimate of drug-likeness (QED) is 0.0609. The van der Waals surface area contributed by atoms with Gasteiger partial charge in [-0.1, -0.05) is 140 Å². The third kappa shape index (κ3) is 12.4. The van der Waals surface area contributed by atoms with Crippen molar-refractivity contribution >= 4 is 17.9 Å². The Morgan fingerprint density at radius 3 is 1.55 bits per heavy atom. The summed E-state index contributed by atoms with van der Waals surface area (Å²) < 4.78 is 59.5. The molecule has 0 N–H and O–H groups in total. The summed E-state index contributed by atoms with van der Waals surface area (Å²) in [5.41, 5.74) is 4.08. The van der Waals surface area contributed by atoms with Crippen molar-refractivity contribution in [2.75, 3.05) is 19.7 Å². The Labute approximate surface area is 385 Å². The van der Waals surface area contributed by atoms with Crippen molar-refractivity contribution in [3.8, 4) is 0 Å². The number of piperidine rings is 1. The molecular formula is C53H57NO12. The zero-order valence-electron chi connectivity index (χ0n) is 37.2. The van der Waals surface area contributed by atoms with Crippen LogP contribution in [0.15, 0.2) is 152 Å². The summed E-state index contributed by atoms with van der Waals surface area (Å²) in [6.45, 7) is 4.37. The van der Waals surface area contributed by atoms with E-state index in [9.17, 15) is 14.4 Å². The molecule has 3 aliphatic rings. The molecule has 3 heterocycles. The Bertz CT molecular complexity index is 2270. The van der Waals surface area contributed by atoms with Crippen LogP contribution >= 0.6 is 0 Å². The molecule has 10 atom stereocenters. The second-order valence-corrected chi connectivity index (χ2v) is 16.7. The number of carbonyl (C=O) groups is 3. The third-order valence-electron chi connectivity index (χ3n) is 12.0. The van der Waals surface area contributed by atoms with Gasteiger partial charge in [-0.2, -0.15) is 0 Å². The van der Waals surface area contributed by atoms with E-state index in [4.69, 9.17) is 42.6 Å². The van der Waals surface area contributed by atoms with Crippen molar-refractivity contribution in [3.63, 3.8) is 0 Å². The highest BCUT2D eigenvalue weighted by molar-refractivity contribution is 5.89. The van der Waals surface area contributed by atoms with Gasteiger partial charge in [0.05, 0.1) is 44.6 Å². The van der Waals surface area contributed by atoms with Crippen molar-refractivity contribution in [3.05, 3.63) is 179 Å². The van der Waals surface area contributed by atoms with E-state index >= 15 is 0 Å². The lowest BCUT2D eigenvalue weighted by atomic mass is 9.91. The maximum absolute atomic E-state index is 14.0. The molecule has 5 aromatic rings. The van der Waals surface area contributed by atoms with E-state index < -0.39 is 79.1 Å². The van der Waals surface area contributed by atoms with Gasteiger partial charge in [-0.3, -0.25) is 14.5 Å². The largest absolute Gasteiger partial charge is 0.461 e. The minimum absolute atomic E-state index is 0.0935. The maximum atomic E-state index is 14.0. The fourth-order valence-corrected chi connectivity index (χ4v) is 8.95. The zero-order chi connectivity index (χ0) is 45.7. The van der Waals surface area contributed by atoms with Crippen LogP contribution < -0.4 is 0 Å². The van der Waals surface area contributed by atoms with E-state index in [-0.39, 0.29) is 33.0 Å². The molecule has 3 saturated heterocycles. The third-order valence-corrected chi connectivity index (χ3v) is 12.0. The van der Waals surface area contributed by atoms with Gasteiger partial charge in [-0.05, 0) is 40.8 Å². The highest BCUT2D eigenvalue weighted by atomic mass is 16.7. The fourth-order valence-electron chi connectivity index (χ4n) is 8.95. The molecule has 66 heavy (non-hydrogen) atoms. The molecule has 13 nitrogen and oxygen atoms in total. The van der Waals surface area contributed by atoms with Gasteiger partial charge in [-0.25, -0.2) is 4.79 Å². The van der Waals surface area contributed by atoms with Crippen molar-refractivity contribution in [2.45, 2.75) is 108 Å². The normalized spacial score (nSPS) is 26.2. The summed E-state index contributed by atoms with van der Waals surface area (Å²) in [4.78, 5) is 41.4.